The third-order valence-electron chi connectivity index (χ3n) is 9.35. The van der Waals surface area contributed by atoms with E-state index < -0.39 is 12.3 Å². The van der Waals surface area contributed by atoms with Gasteiger partial charge in [0.2, 0.25) is 11.8 Å². The van der Waals surface area contributed by atoms with E-state index >= 15 is 0 Å². The fourth-order valence-electron chi connectivity index (χ4n) is 6.61. The molecule has 10 heteroatoms. The van der Waals surface area contributed by atoms with E-state index in [4.69, 9.17) is 24.3 Å². The number of hydroxylamine groups is 1. The Kier molecular flexibility index (Phi) is 7.43. The fraction of sp³-hybridized carbons (Fsp3) is 0.581. The number of morpholine rings is 1. The number of carbonyl (C=O) groups excluding carboxylic acids is 1. The second kappa shape index (κ2) is 11.5. The first kappa shape index (κ1) is 26.5. The average Bonchev–Trinajstić information content (AvgIpc) is 3.57. The van der Waals surface area contributed by atoms with Gasteiger partial charge in [0.05, 0.1) is 37.1 Å². The van der Waals surface area contributed by atoms with Crippen molar-refractivity contribution in [2.45, 2.75) is 70.6 Å². The number of rotatable bonds is 8. The van der Waals surface area contributed by atoms with E-state index in [9.17, 15) is 4.79 Å². The molecule has 1 amide bonds. The van der Waals surface area contributed by atoms with E-state index in [-0.39, 0.29) is 6.04 Å². The van der Waals surface area contributed by atoms with Gasteiger partial charge in [0, 0.05) is 13.1 Å². The number of fused-ring (bicyclic) bond motifs is 1. The number of carbonyl (C=O) groups is 1. The normalized spacial score (nSPS) is 27.0. The van der Waals surface area contributed by atoms with Gasteiger partial charge in [-0.25, -0.2) is 14.8 Å². The zero-order chi connectivity index (χ0) is 27.8. The van der Waals surface area contributed by atoms with Gasteiger partial charge in [-0.15, -0.1) is 5.48 Å². The number of pyridine rings is 1. The summed E-state index contributed by atoms with van der Waals surface area (Å²) in [5.41, 5.74) is 6.34. The second-order valence-corrected chi connectivity index (χ2v) is 12.3. The lowest BCUT2D eigenvalue weighted by molar-refractivity contribution is 0.0927. The number of amides is 1. The summed E-state index contributed by atoms with van der Waals surface area (Å²) >= 11 is 0. The molecule has 2 aliphatic heterocycles. The lowest BCUT2D eigenvalue weighted by Gasteiger charge is -2.37. The summed E-state index contributed by atoms with van der Waals surface area (Å²) < 4.78 is 14.9. The zero-order valence-corrected chi connectivity index (χ0v) is 23.8. The first-order valence-corrected chi connectivity index (χ1v) is 15.3. The van der Waals surface area contributed by atoms with Crippen LogP contribution in [0.15, 0.2) is 36.4 Å². The highest BCUT2D eigenvalue weighted by atomic mass is 16.7. The van der Waals surface area contributed by atoms with Gasteiger partial charge in [0.1, 0.15) is 5.52 Å². The maximum absolute atomic E-state index is 11.8. The number of nitrogens with one attached hydrogen (secondary N) is 2. The van der Waals surface area contributed by atoms with Gasteiger partial charge in [-0.2, -0.15) is 0 Å². The minimum absolute atomic E-state index is 0.0582. The van der Waals surface area contributed by atoms with Crippen LogP contribution in [0.3, 0.4) is 0 Å². The number of imidazole rings is 1. The van der Waals surface area contributed by atoms with Crippen LogP contribution in [-0.2, 0) is 16.1 Å². The molecular formula is C31H40N6O4. The van der Waals surface area contributed by atoms with Gasteiger partial charge in [-0.05, 0) is 55.1 Å². The quantitative estimate of drug-likeness (QED) is 0.385. The second-order valence-electron chi connectivity index (χ2n) is 12.3. The molecule has 1 unspecified atom stereocenters. The summed E-state index contributed by atoms with van der Waals surface area (Å²) in [4.78, 5) is 29.5. The molecule has 2 saturated carbocycles. The van der Waals surface area contributed by atoms with Crippen LogP contribution >= 0.6 is 0 Å². The number of hydrogen-bond acceptors (Lipinski definition) is 8. The molecule has 4 heterocycles. The first-order chi connectivity index (χ1) is 20.1. The summed E-state index contributed by atoms with van der Waals surface area (Å²) in [6, 6.07) is 12.6. The molecule has 4 aliphatic rings. The molecule has 1 aromatic carbocycles. The van der Waals surface area contributed by atoms with E-state index in [0.29, 0.717) is 43.2 Å². The Morgan fingerprint density at radius 1 is 1.05 bits per heavy atom. The minimum Gasteiger partial charge on any atom is -0.476 e. The van der Waals surface area contributed by atoms with Crippen molar-refractivity contribution >= 4 is 23.1 Å². The molecular weight excluding hydrogens is 520 g/mol. The summed E-state index contributed by atoms with van der Waals surface area (Å²) in [5.74, 6) is 3.43. The topological polar surface area (TPSA) is 103 Å². The summed E-state index contributed by atoms with van der Waals surface area (Å²) in [7, 11) is 0. The third-order valence-corrected chi connectivity index (χ3v) is 9.35. The molecule has 10 nitrogen and oxygen atoms in total. The lowest BCUT2D eigenvalue weighted by Crippen LogP contribution is -2.41. The van der Waals surface area contributed by atoms with Gasteiger partial charge in [0.25, 0.3) is 0 Å². The third kappa shape index (κ3) is 5.47. The molecule has 2 aliphatic carbocycles. The highest BCUT2D eigenvalue weighted by molar-refractivity contribution is 5.84. The van der Waals surface area contributed by atoms with Gasteiger partial charge < -0.3 is 23.8 Å². The smallest absolute Gasteiger partial charge is 0.427 e. The maximum atomic E-state index is 11.8. The summed E-state index contributed by atoms with van der Waals surface area (Å²) in [6.45, 7) is 5.88. The van der Waals surface area contributed by atoms with Gasteiger partial charge in [0.15, 0.2) is 6.17 Å². The summed E-state index contributed by atoms with van der Waals surface area (Å²) in [5, 5.41) is 2.78. The van der Waals surface area contributed by atoms with Crippen LogP contribution in [0.5, 0.6) is 5.88 Å². The van der Waals surface area contributed by atoms with Gasteiger partial charge >= 0.3 is 6.09 Å². The molecule has 2 N–H and O–H groups in total. The first-order valence-electron chi connectivity index (χ1n) is 15.3. The highest BCUT2D eigenvalue weighted by Crippen LogP contribution is 2.39. The Hall–Kier alpha value is -3.37. The van der Waals surface area contributed by atoms with E-state index in [1.165, 1.54) is 50.5 Å². The van der Waals surface area contributed by atoms with Crippen molar-refractivity contribution in [3.05, 3.63) is 47.7 Å². The number of benzene rings is 1. The van der Waals surface area contributed by atoms with Crippen LogP contribution in [0.25, 0.3) is 11.0 Å². The number of aromatic nitrogens is 3. The lowest BCUT2D eigenvalue weighted by atomic mass is 9.83. The Morgan fingerprint density at radius 2 is 1.88 bits per heavy atom. The number of ether oxygens (including phenoxy) is 2. The molecule has 0 spiro atoms. The Labute approximate surface area is 240 Å². The molecule has 41 heavy (non-hydrogen) atoms. The van der Waals surface area contributed by atoms with Crippen LogP contribution in [0.4, 0.5) is 10.7 Å². The highest BCUT2D eigenvalue weighted by Gasteiger charge is 2.33. The maximum Gasteiger partial charge on any atom is 0.427 e. The van der Waals surface area contributed by atoms with Crippen molar-refractivity contribution in [2.24, 2.45) is 17.8 Å². The SMILES string of the molecule is CC1CCC(Cn2c(N3CCOC[C@H]3c3ccccc3)nc3cc(C4NOC(=O)N4)nc(OCC4CCC4)c32)CC1. The largest absolute Gasteiger partial charge is 0.476 e. The molecule has 0 bridgehead atoms. The molecule has 2 saturated heterocycles. The van der Waals surface area contributed by atoms with Gasteiger partial charge in [-0.1, -0.05) is 56.5 Å². The van der Waals surface area contributed by atoms with Crippen LogP contribution in [-0.4, -0.2) is 47.0 Å². The Morgan fingerprint density at radius 3 is 2.61 bits per heavy atom. The fourth-order valence-corrected chi connectivity index (χ4v) is 6.61. The van der Waals surface area contributed by atoms with E-state index in [0.717, 1.165) is 36.0 Å². The number of anilines is 1. The molecule has 3 aromatic rings. The zero-order valence-electron chi connectivity index (χ0n) is 23.8. The van der Waals surface area contributed by atoms with Crippen molar-refractivity contribution in [2.75, 3.05) is 31.3 Å². The molecule has 4 fully saturated rings. The van der Waals surface area contributed by atoms with Gasteiger partial charge in [-0.3, -0.25) is 5.32 Å². The van der Waals surface area contributed by atoms with Crippen LogP contribution in [0.1, 0.15) is 75.3 Å². The van der Waals surface area contributed by atoms with E-state index in [1.54, 1.807) is 0 Å². The van der Waals surface area contributed by atoms with Crippen molar-refractivity contribution in [3.63, 3.8) is 0 Å². The molecule has 7 rings (SSSR count). The minimum atomic E-state index is -0.563. The standard InChI is InChI=1S/C31H40N6O4/c1-20-10-12-21(13-11-20)17-37-27-24(33-30(37)36-14-15-39-19-26(36)23-8-3-2-4-9-23)16-25(28-34-31(38)41-35-28)32-29(27)40-18-22-6-5-7-22/h2-4,8-9,16,20-22,26,28,35H,5-7,10-15,17-19H2,1H3,(H,34,38)/t20?,21?,26-,28?/m0/s1. The van der Waals surface area contributed by atoms with Crippen LogP contribution in [0, 0.1) is 17.8 Å². The van der Waals surface area contributed by atoms with Crippen LogP contribution < -0.4 is 20.4 Å². The van der Waals surface area contributed by atoms with Crippen molar-refractivity contribution in [1.29, 1.82) is 0 Å². The predicted molar refractivity (Wildman–Crippen MR) is 154 cm³/mol. The van der Waals surface area contributed by atoms with Crippen LogP contribution in [0.2, 0.25) is 0 Å². The molecule has 2 atom stereocenters. The van der Waals surface area contributed by atoms with Crippen molar-refractivity contribution in [1.82, 2.24) is 25.3 Å². The Balaban J connectivity index is 1.34. The average molecular weight is 561 g/mol. The number of hydrogen-bond donors (Lipinski definition) is 2. The predicted octanol–water partition coefficient (Wildman–Crippen LogP) is 5.26. The molecule has 218 valence electrons. The van der Waals surface area contributed by atoms with E-state index in [2.05, 4.69) is 57.5 Å². The monoisotopic (exact) mass is 560 g/mol. The molecule has 2 aromatic heterocycles. The van der Waals surface area contributed by atoms with Crippen molar-refractivity contribution in [3.8, 4) is 5.88 Å². The molecule has 0 radical (unpaired) electrons. The number of nitrogens with zero attached hydrogens (tertiary/aromatic N) is 4. The van der Waals surface area contributed by atoms with Crippen molar-refractivity contribution < 1.29 is 19.1 Å². The summed E-state index contributed by atoms with van der Waals surface area (Å²) in [6.07, 6.45) is 7.50. The Bertz CT molecular complexity index is 1370. The van der Waals surface area contributed by atoms with E-state index in [1.807, 2.05) is 6.07 Å².